The van der Waals surface area contributed by atoms with Gasteiger partial charge in [0.05, 0.1) is 0 Å². The summed E-state index contributed by atoms with van der Waals surface area (Å²) in [6.45, 7) is 4.46. The van der Waals surface area contributed by atoms with Crippen molar-refractivity contribution in [2.75, 3.05) is 0 Å². The molecule has 0 aliphatic heterocycles. The number of carbonyl (C=O) groups excluding carboxylic acids is 1. The van der Waals surface area contributed by atoms with Crippen molar-refractivity contribution in [3.63, 3.8) is 0 Å². The van der Waals surface area contributed by atoms with E-state index in [9.17, 15) is 22.4 Å². The van der Waals surface area contributed by atoms with Crippen LogP contribution in [0.5, 0.6) is 0 Å². The van der Waals surface area contributed by atoms with E-state index in [1.54, 1.807) is 0 Å². The monoisotopic (exact) mass is 249 g/mol. The number of benzene rings is 1. The molecule has 0 unspecified atom stereocenters. The van der Waals surface area contributed by atoms with Crippen LogP contribution in [0.1, 0.15) is 31.1 Å². The molecule has 1 radical (unpaired) electrons. The molecule has 0 saturated heterocycles. The largest absolute Gasteiger partial charge is 0.456 e. The van der Waals surface area contributed by atoms with Crippen LogP contribution >= 0.6 is 0 Å². The second-order valence-electron chi connectivity index (χ2n) is 4.26. The van der Waals surface area contributed by atoms with Crippen LogP contribution in [0, 0.1) is 29.3 Å². The van der Waals surface area contributed by atoms with E-state index in [4.69, 9.17) is 0 Å². The first-order valence-corrected chi connectivity index (χ1v) is 4.62. The number of rotatable bonds is 1. The predicted octanol–water partition coefficient (Wildman–Crippen LogP) is 3.00. The predicted molar refractivity (Wildman–Crippen MR) is 50.3 cm³/mol. The third kappa shape index (κ3) is 2.95. The molecule has 17 heavy (non-hydrogen) atoms. The quantitative estimate of drug-likeness (QED) is 0.331. The average molecular weight is 249 g/mol. The Morgan fingerprint density at radius 3 is 2.06 bits per heavy atom. The summed E-state index contributed by atoms with van der Waals surface area (Å²) >= 11 is 0. The molecule has 0 aliphatic rings. The fourth-order valence-electron chi connectivity index (χ4n) is 0.992. The lowest BCUT2D eigenvalue weighted by molar-refractivity contribution is 0.00622. The molecule has 1 rings (SSSR count). The summed E-state index contributed by atoms with van der Waals surface area (Å²) in [7, 11) is 0. The van der Waals surface area contributed by atoms with E-state index in [-0.39, 0.29) is 0 Å². The van der Waals surface area contributed by atoms with Gasteiger partial charge in [-0.2, -0.15) is 0 Å². The molecule has 1 aromatic carbocycles. The fraction of sp³-hybridized carbons (Fsp3) is 0.364. The van der Waals surface area contributed by atoms with Gasteiger partial charge in [-0.3, -0.25) is 0 Å². The zero-order valence-corrected chi connectivity index (χ0v) is 9.33. The highest BCUT2D eigenvalue weighted by Gasteiger charge is 2.27. The van der Waals surface area contributed by atoms with Crippen LogP contribution in [-0.4, -0.2) is 11.6 Å². The Kier molecular flexibility index (Phi) is 3.45. The van der Waals surface area contributed by atoms with Crippen molar-refractivity contribution in [2.24, 2.45) is 0 Å². The third-order valence-corrected chi connectivity index (χ3v) is 1.64. The number of carbonyl (C=O) groups is 1. The van der Waals surface area contributed by atoms with Gasteiger partial charge >= 0.3 is 5.97 Å². The van der Waals surface area contributed by atoms with Gasteiger partial charge in [0.25, 0.3) is 0 Å². The molecule has 1 aromatic rings. The second kappa shape index (κ2) is 4.35. The molecule has 0 saturated carbocycles. The lowest BCUT2D eigenvalue weighted by Gasteiger charge is -2.19. The summed E-state index contributed by atoms with van der Waals surface area (Å²) in [5.41, 5.74) is -2.07. The van der Waals surface area contributed by atoms with Crippen LogP contribution in [0.25, 0.3) is 0 Å². The highest BCUT2D eigenvalue weighted by Crippen LogP contribution is 2.20. The Morgan fingerprint density at radius 2 is 1.59 bits per heavy atom. The lowest BCUT2D eigenvalue weighted by Crippen LogP contribution is -2.25. The molecule has 0 heterocycles. The zero-order valence-electron chi connectivity index (χ0n) is 9.33. The van der Waals surface area contributed by atoms with E-state index in [1.807, 2.05) is 0 Å². The Morgan fingerprint density at radius 1 is 1.06 bits per heavy atom. The van der Waals surface area contributed by atoms with Gasteiger partial charge in [-0.15, -0.1) is 0 Å². The number of ether oxygens (including phenoxy) is 1. The molecule has 0 atom stereocenters. The van der Waals surface area contributed by atoms with Crippen molar-refractivity contribution in [1.82, 2.24) is 0 Å². The van der Waals surface area contributed by atoms with Gasteiger partial charge in [0.1, 0.15) is 11.2 Å². The molecular weight excluding hydrogens is 240 g/mol. The first-order chi connectivity index (χ1) is 7.63. The molecule has 0 aromatic heterocycles. The molecule has 0 bridgehead atoms. The highest BCUT2D eigenvalue weighted by molar-refractivity contribution is 5.89. The smallest absolute Gasteiger partial charge is 0.342 e. The number of hydrogen-bond donors (Lipinski definition) is 0. The first kappa shape index (κ1) is 13.5. The standard InChI is InChI=1S/C11H9F4O2/c1-11(2,3)17-10(16)5-4-6(12)8(14)9(15)7(5)13/h1-3H3. The molecule has 0 spiro atoms. The molecule has 0 aliphatic carbocycles. The highest BCUT2D eigenvalue weighted by atomic mass is 19.2. The Bertz CT molecular complexity index is 464. The van der Waals surface area contributed by atoms with Crippen LogP contribution in [-0.2, 0) is 4.74 Å². The summed E-state index contributed by atoms with van der Waals surface area (Å²) in [6, 6.07) is 1.48. The Balaban J connectivity index is 3.20. The molecule has 6 heteroatoms. The van der Waals surface area contributed by atoms with Crippen molar-refractivity contribution in [3.05, 3.63) is 34.9 Å². The van der Waals surface area contributed by atoms with E-state index in [0.29, 0.717) is 0 Å². The van der Waals surface area contributed by atoms with Crippen LogP contribution in [0.15, 0.2) is 0 Å². The fourth-order valence-corrected chi connectivity index (χ4v) is 0.992. The average Bonchev–Trinajstić information content (AvgIpc) is 2.17. The van der Waals surface area contributed by atoms with Crippen molar-refractivity contribution in [2.45, 2.75) is 26.4 Å². The van der Waals surface area contributed by atoms with Gasteiger partial charge in [0, 0.05) is 6.07 Å². The lowest BCUT2D eigenvalue weighted by atomic mass is 10.1. The third-order valence-electron chi connectivity index (χ3n) is 1.64. The van der Waals surface area contributed by atoms with Crippen molar-refractivity contribution >= 4 is 5.97 Å². The van der Waals surface area contributed by atoms with Crippen LogP contribution in [0.3, 0.4) is 0 Å². The minimum atomic E-state index is -2.07. The normalized spacial score (nSPS) is 11.5. The maximum atomic E-state index is 13.2. The SMILES string of the molecule is CC(C)(C)OC(=O)c1[c]c(F)c(F)c(F)c1F. The van der Waals surface area contributed by atoms with Gasteiger partial charge < -0.3 is 4.74 Å². The number of esters is 1. The molecule has 2 nitrogen and oxygen atoms in total. The van der Waals surface area contributed by atoms with Gasteiger partial charge in [0.15, 0.2) is 23.3 Å². The van der Waals surface area contributed by atoms with Crippen LogP contribution in [0.2, 0.25) is 0 Å². The van der Waals surface area contributed by atoms with Crippen LogP contribution in [0.4, 0.5) is 17.6 Å². The maximum Gasteiger partial charge on any atom is 0.342 e. The number of hydrogen-bond acceptors (Lipinski definition) is 2. The van der Waals surface area contributed by atoms with Gasteiger partial charge in [-0.1, -0.05) is 0 Å². The van der Waals surface area contributed by atoms with Crippen molar-refractivity contribution < 1.29 is 27.1 Å². The van der Waals surface area contributed by atoms with E-state index >= 15 is 0 Å². The Hall–Kier alpha value is -1.59. The molecule has 93 valence electrons. The van der Waals surface area contributed by atoms with Crippen LogP contribution < -0.4 is 0 Å². The molecular formula is C11H9F4O2. The van der Waals surface area contributed by atoms with E-state index in [2.05, 4.69) is 4.74 Å². The molecule has 0 N–H and O–H groups in total. The zero-order chi connectivity index (χ0) is 13.4. The van der Waals surface area contributed by atoms with Gasteiger partial charge in [-0.05, 0) is 20.8 Å². The summed E-state index contributed by atoms with van der Waals surface area (Å²) in [6.07, 6.45) is 0. The summed E-state index contributed by atoms with van der Waals surface area (Å²) in [5, 5.41) is 0. The minimum Gasteiger partial charge on any atom is -0.456 e. The maximum absolute atomic E-state index is 13.2. The molecule has 0 fully saturated rings. The molecule has 0 amide bonds. The Labute approximate surface area is 95.2 Å². The van der Waals surface area contributed by atoms with Crippen molar-refractivity contribution in [1.29, 1.82) is 0 Å². The van der Waals surface area contributed by atoms with Gasteiger partial charge in [0.2, 0.25) is 0 Å². The van der Waals surface area contributed by atoms with E-state index < -0.39 is 40.4 Å². The summed E-state index contributed by atoms with van der Waals surface area (Å²) in [5.74, 6) is -8.99. The minimum absolute atomic E-state index is 0.974. The number of halogens is 4. The second-order valence-corrected chi connectivity index (χ2v) is 4.26. The first-order valence-electron chi connectivity index (χ1n) is 4.62. The van der Waals surface area contributed by atoms with Crippen molar-refractivity contribution in [3.8, 4) is 0 Å². The van der Waals surface area contributed by atoms with E-state index in [1.165, 1.54) is 26.8 Å². The van der Waals surface area contributed by atoms with Gasteiger partial charge in [-0.25, -0.2) is 22.4 Å². The van der Waals surface area contributed by atoms with E-state index in [0.717, 1.165) is 0 Å². The summed E-state index contributed by atoms with van der Waals surface area (Å²) in [4.78, 5) is 11.3. The summed E-state index contributed by atoms with van der Waals surface area (Å²) < 4.78 is 56.0. The topological polar surface area (TPSA) is 26.3 Å².